The van der Waals surface area contributed by atoms with E-state index in [1.807, 2.05) is 73.7 Å². The zero-order valence-electron chi connectivity index (χ0n) is 16.7. The number of nitrogens with zero attached hydrogens (tertiary/aromatic N) is 1. The van der Waals surface area contributed by atoms with Gasteiger partial charge in [-0.25, -0.2) is 5.43 Å². The van der Waals surface area contributed by atoms with Crippen molar-refractivity contribution in [1.29, 1.82) is 0 Å². The maximum Gasteiger partial charge on any atom is 0.329 e. The van der Waals surface area contributed by atoms with E-state index in [1.165, 1.54) is 6.21 Å². The number of hydrogen-bond donors (Lipinski definition) is 2. The van der Waals surface area contributed by atoms with E-state index >= 15 is 0 Å². The number of carbonyl (C=O) groups is 2. The molecule has 0 aromatic heterocycles. The quantitative estimate of drug-likeness (QED) is 0.358. The summed E-state index contributed by atoms with van der Waals surface area (Å²) < 4.78 is 5.84. The van der Waals surface area contributed by atoms with Crippen molar-refractivity contribution < 1.29 is 14.3 Å². The molecule has 0 atom stereocenters. The second kappa shape index (κ2) is 10.6. The van der Waals surface area contributed by atoms with Crippen molar-refractivity contribution in [1.82, 2.24) is 5.43 Å². The van der Waals surface area contributed by atoms with Crippen LogP contribution in [0.2, 0.25) is 0 Å². The van der Waals surface area contributed by atoms with Crippen LogP contribution in [0.3, 0.4) is 0 Å². The van der Waals surface area contributed by atoms with Gasteiger partial charge in [0.1, 0.15) is 12.4 Å². The number of nitrogens with one attached hydrogen (secondary N) is 2. The Kier molecular flexibility index (Phi) is 7.33. The first-order chi connectivity index (χ1) is 14.7. The molecular weight excluding hydrogens is 378 g/mol. The van der Waals surface area contributed by atoms with Crippen LogP contribution in [0.4, 0.5) is 5.69 Å². The van der Waals surface area contributed by atoms with Gasteiger partial charge in [-0.15, -0.1) is 0 Å². The van der Waals surface area contributed by atoms with E-state index in [9.17, 15) is 9.59 Å². The number of amides is 2. The molecule has 2 N–H and O–H groups in total. The third-order valence-electron chi connectivity index (χ3n) is 4.35. The predicted octanol–water partition coefficient (Wildman–Crippen LogP) is 3.92. The fraction of sp³-hybridized carbons (Fsp3) is 0.125. The minimum Gasteiger partial charge on any atom is -0.488 e. The highest BCUT2D eigenvalue weighted by molar-refractivity contribution is 6.39. The standard InChI is InChI=1S/C24H23N3O3/c1-2-18-12-14-21(15-13-18)26-23(28)24(29)27-25-16-20-10-6-7-11-22(20)30-17-19-8-4-3-5-9-19/h3-16H,2,17H2,1H3,(H,26,28)(H,27,29)/b25-16+. The maximum absolute atomic E-state index is 12.0. The first-order valence-corrected chi connectivity index (χ1v) is 9.65. The molecule has 0 spiro atoms. The van der Waals surface area contributed by atoms with Gasteiger partial charge in [0.25, 0.3) is 0 Å². The van der Waals surface area contributed by atoms with Crippen LogP contribution in [0.5, 0.6) is 5.75 Å². The second-order valence-corrected chi connectivity index (χ2v) is 6.52. The van der Waals surface area contributed by atoms with Gasteiger partial charge < -0.3 is 10.1 Å². The van der Waals surface area contributed by atoms with Crippen LogP contribution in [0, 0.1) is 0 Å². The van der Waals surface area contributed by atoms with E-state index in [2.05, 4.69) is 15.8 Å². The molecular formula is C24H23N3O3. The lowest BCUT2D eigenvalue weighted by molar-refractivity contribution is -0.136. The molecule has 0 radical (unpaired) electrons. The van der Waals surface area contributed by atoms with E-state index in [0.717, 1.165) is 17.5 Å². The van der Waals surface area contributed by atoms with Crippen LogP contribution in [0.25, 0.3) is 0 Å². The number of para-hydroxylation sites is 1. The summed E-state index contributed by atoms with van der Waals surface area (Å²) in [5, 5.41) is 6.42. The first kappa shape index (κ1) is 20.8. The highest BCUT2D eigenvalue weighted by Gasteiger charge is 2.12. The molecule has 6 nitrogen and oxygen atoms in total. The molecule has 152 valence electrons. The lowest BCUT2D eigenvalue weighted by atomic mass is 10.1. The predicted molar refractivity (Wildman–Crippen MR) is 117 cm³/mol. The van der Waals surface area contributed by atoms with Crippen LogP contribution >= 0.6 is 0 Å². The summed E-state index contributed by atoms with van der Waals surface area (Å²) in [6, 6.07) is 24.4. The number of anilines is 1. The van der Waals surface area contributed by atoms with Gasteiger partial charge in [-0.2, -0.15) is 5.10 Å². The van der Waals surface area contributed by atoms with Crippen molar-refractivity contribution in [3.8, 4) is 5.75 Å². The van der Waals surface area contributed by atoms with E-state index in [0.29, 0.717) is 23.6 Å². The zero-order valence-corrected chi connectivity index (χ0v) is 16.7. The number of aryl methyl sites for hydroxylation is 1. The fourth-order valence-electron chi connectivity index (χ4n) is 2.68. The average molecular weight is 401 g/mol. The molecule has 0 fully saturated rings. The summed E-state index contributed by atoms with van der Waals surface area (Å²) in [5.41, 5.74) is 5.67. The zero-order chi connectivity index (χ0) is 21.2. The molecule has 0 aliphatic heterocycles. The molecule has 0 aliphatic rings. The van der Waals surface area contributed by atoms with Gasteiger partial charge in [0, 0.05) is 11.3 Å². The van der Waals surface area contributed by atoms with Crippen LogP contribution < -0.4 is 15.5 Å². The number of hydrogen-bond acceptors (Lipinski definition) is 4. The summed E-state index contributed by atoms with van der Waals surface area (Å²) in [5.74, 6) is -1.02. The Hall–Kier alpha value is -3.93. The van der Waals surface area contributed by atoms with Gasteiger partial charge in [0.2, 0.25) is 0 Å². The first-order valence-electron chi connectivity index (χ1n) is 9.65. The molecule has 0 unspecified atom stereocenters. The molecule has 3 rings (SSSR count). The van der Waals surface area contributed by atoms with Crippen LogP contribution in [0.1, 0.15) is 23.6 Å². The van der Waals surface area contributed by atoms with Crippen molar-refractivity contribution >= 4 is 23.7 Å². The Morgan fingerprint density at radius 3 is 2.30 bits per heavy atom. The van der Waals surface area contributed by atoms with Gasteiger partial charge in [-0.3, -0.25) is 9.59 Å². The topological polar surface area (TPSA) is 79.8 Å². The molecule has 3 aromatic rings. The molecule has 0 heterocycles. The van der Waals surface area contributed by atoms with Crippen molar-refractivity contribution in [2.24, 2.45) is 5.10 Å². The number of ether oxygens (including phenoxy) is 1. The number of hydrazone groups is 1. The summed E-state index contributed by atoms with van der Waals surface area (Å²) in [6.45, 7) is 2.46. The smallest absolute Gasteiger partial charge is 0.329 e. The summed E-state index contributed by atoms with van der Waals surface area (Å²) in [6.07, 6.45) is 2.35. The van der Waals surface area contributed by atoms with Gasteiger partial charge in [-0.05, 0) is 41.8 Å². The van der Waals surface area contributed by atoms with Crippen molar-refractivity contribution in [3.63, 3.8) is 0 Å². The largest absolute Gasteiger partial charge is 0.488 e. The molecule has 0 saturated carbocycles. The molecule has 0 bridgehead atoms. The van der Waals surface area contributed by atoms with Crippen LogP contribution in [-0.2, 0) is 22.6 Å². The Bertz CT molecular complexity index is 1020. The lowest BCUT2D eigenvalue weighted by Gasteiger charge is -2.09. The molecule has 30 heavy (non-hydrogen) atoms. The normalized spacial score (nSPS) is 10.6. The molecule has 0 saturated heterocycles. The Balaban J connectivity index is 1.55. The summed E-state index contributed by atoms with van der Waals surface area (Å²) in [4.78, 5) is 24.0. The third kappa shape index (κ3) is 6.04. The lowest BCUT2D eigenvalue weighted by Crippen LogP contribution is -2.32. The average Bonchev–Trinajstić information content (AvgIpc) is 2.79. The summed E-state index contributed by atoms with van der Waals surface area (Å²) >= 11 is 0. The van der Waals surface area contributed by atoms with E-state index < -0.39 is 11.8 Å². The molecule has 2 amide bonds. The Morgan fingerprint density at radius 2 is 1.57 bits per heavy atom. The van der Waals surface area contributed by atoms with E-state index in [1.54, 1.807) is 12.1 Å². The maximum atomic E-state index is 12.0. The monoisotopic (exact) mass is 401 g/mol. The minimum atomic E-state index is -0.853. The highest BCUT2D eigenvalue weighted by atomic mass is 16.5. The van der Waals surface area contributed by atoms with Gasteiger partial charge in [0.05, 0.1) is 6.21 Å². The van der Waals surface area contributed by atoms with Crippen molar-refractivity contribution in [3.05, 3.63) is 95.6 Å². The highest BCUT2D eigenvalue weighted by Crippen LogP contribution is 2.17. The number of rotatable bonds is 7. The fourth-order valence-corrected chi connectivity index (χ4v) is 2.68. The van der Waals surface area contributed by atoms with Gasteiger partial charge >= 0.3 is 11.8 Å². The number of carbonyl (C=O) groups excluding carboxylic acids is 2. The van der Waals surface area contributed by atoms with E-state index in [4.69, 9.17) is 4.74 Å². The Morgan fingerprint density at radius 1 is 0.867 bits per heavy atom. The van der Waals surface area contributed by atoms with Gasteiger partial charge in [0.15, 0.2) is 0 Å². The third-order valence-corrected chi connectivity index (χ3v) is 4.35. The van der Waals surface area contributed by atoms with E-state index in [-0.39, 0.29) is 0 Å². The van der Waals surface area contributed by atoms with Gasteiger partial charge in [-0.1, -0.05) is 61.5 Å². The minimum absolute atomic E-state index is 0.414. The SMILES string of the molecule is CCc1ccc(NC(=O)C(=O)N/N=C/c2ccccc2OCc2ccccc2)cc1. The Labute approximate surface area is 175 Å². The van der Waals surface area contributed by atoms with Crippen LogP contribution in [-0.4, -0.2) is 18.0 Å². The molecule has 6 heteroatoms. The molecule has 3 aromatic carbocycles. The van der Waals surface area contributed by atoms with Crippen LogP contribution in [0.15, 0.2) is 84.0 Å². The van der Waals surface area contributed by atoms with Crippen molar-refractivity contribution in [2.75, 3.05) is 5.32 Å². The second-order valence-electron chi connectivity index (χ2n) is 6.52. The summed E-state index contributed by atoms with van der Waals surface area (Å²) in [7, 11) is 0. The van der Waals surface area contributed by atoms with Crippen molar-refractivity contribution in [2.45, 2.75) is 20.0 Å². The number of benzene rings is 3. The molecule has 0 aliphatic carbocycles.